The van der Waals surface area contributed by atoms with Gasteiger partial charge in [-0.1, -0.05) is 36.1 Å². The van der Waals surface area contributed by atoms with Gasteiger partial charge in [-0.05, 0) is 48.9 Å². The van der Waals surface area contributed by atoms with Gasteiger partial charge in [0.1, 0.15) is 6.01 Å². The lowest BCUT2D eigenvalue weighted by Crippen LogP contribution is -1.87. The van der Waals surface area contributed by atoms with E-state index in [1.165, 1.54) is 12.1 Å². The molecule has 0 aliphatic carbocycles. The second kappa shape index (κ2) is 8.39. The molecule has 0 saturated carbocycles. The van der Waals surface area contributed by atoms with Crippen LogP contribution in [-0.4, -0.2) is 10.9 Å². The van der Waals surface area contributed by atoms with Crippen molar-refractivity contribution < 1.29 is 4.92 Å². The van der Waals surface area contributed by atoms with Crippen LogP contribution in [0.2, 0.25) is 0 Å². The van der Waals surface area contributed by atoms with Gasteiger partial charge in [0.25, 0.3) is 5.69 Å². The summed E-state index contributed by atoms with van der Waals surface area (Å²) in [7, 11) is 0. The van der Waals surface area contributed by atoms with Gasteiger partial charge in [0.2, 0.25) is 0 Å². The molecule has 3 aromatic carbocycles. The standard InChI is InChI=1S/C22H15N3O2/c1-17-7-14-22(24-16-23-20-5-3-2-4-6-20)19(15-17)11-8-18-9-12-21(13-10-18)25(26)27/h2-7,9-10,12-15H,1H3. The second-order valence-corrected chi connectivity index (χ2v) is 5.73. The number of para-hydroxylation sites is 1. The number of nitrogens with zero attached hydrogens (tertiary/aromatic N) is 3. The second-order valence-electron chi connectivity index (χ2n) is 5.73. The number of hydrogen-bond donors (Lipinski definition) is 0. The van der Waals surface area contributed by atoms with Crippen molar-refractivity contribution in [2.24, 2.45) is 9.98 Å². The fourth-order valence-corrected chi connectivity index (χ4v) is 2.29. The van der Waals surface area contributed by atoms with Crippen molar-refractivity contribution in [3.8, 4) is 11.8 Å². The summed E-state index contributed by atoms with van der Waals surface area (Å²) in [5.41, 5.74) is 3.96. The number of nitro groups is 1. The van der Waals surface area contributed by atoms with E-state index in [1.54, 1.807) is 12.1 Å². The van der Waals surface area contributed by atoms with E-state index in [1.807, 2.05) is 55.5 Å². The first-order chi connectivity index (χ1) is 13.1. The number of aliphatic imine (C=N–C) groups is 2. The topological polar surface area (TPSA) is 67.9 Å². The number of benzene rings is 3. The Morgan fingerprint density at radius 2 is 1.63 bits per heavy atom. The number of nitro benzene ring substituents is 1. The molecule has 0 saturated heterocycles. The largest absolute Gasteiger partial charge is 0.269 e. The van der Waals surface area contributed by atoms with Crippen molar-refractivity contribution in [2.45, 2.75) is 6.92 Å². The fraction of sp³-hybridized carbons (Fsp3) is 0.0455. The molecule has 0 heterocycles. The molecule has 0 radical (unpaired) electrons. The average molecular weight is 353 g/mol. The van der Waals surface area contributed by atoms with Crippen LogP contribution in [0.1, 0.15) is 16.7 Å². The monoisotopic (exact) mass is 353 g/mol. The van der Waals surface area contributed by atoms with E-state index in [2.05, 4.69) is 27.8 Å². The van der Waals surface area contributed by atoms with Gasteiger partial charge in [0.05, 0.1) is 21.9 Å². The summed E-state index contributed by atoms with van der Waals surface area (Å²) in [5.74, 6) is 6.08. The first-order valence-corrected chi connectivity index (χ1v) is 8.20. The lowest BCUT2D eigenvalue weighted by Gasteiger charge is -1.99. The number of hydrogen-bond acceptors (Lipinski definition) is 4. The molecule has 0 N–H and O–H groups in total. The van der Waals surface area contributed by atoms with Crippen LogP contribution >= 0.6 is 0 Å². The highest BCUT2D eigenvalue weighted by molar-refractivity contribution is 5.64. The number of aryl methyl sites for hydroxylation is 1. The quantitative estimate of drug-likeness (QED) is 0.272. The minimum absolute atomic E-state index is 0.0403. The summed E-state index contributed by atoms with van der Waals surface area (Å²) in [6.45, 7) is 1.97. The molecule has 5 heteroatoms. The van der Waals surface area contributed by atoms with Crippen LogP contribution in [0, 0.1) is 28.9 Å². The minimum atomic E-state index is -0.434. The Bertz CT molecular complexity index is 1090. The highest BCUT2D eigenvalue weighted by atomic mass is 16.6. The molecule has 0 atom stereocenters. The van der Waals surface area contributed by atoms with E-state index in [0.717, 1.165) is 16.8 Å². The summed E-state index contributed by atoms with van der Waals surface area (Å²) in [6.07, 6.45) is 0. The van der Waals surface area contributed by atoms with Crippen LogP contribution in [0.5, 0.6) is 0 Å². The molecule has 0 bridgehead atoms. The molecular weight excluding hydrogens is 338 g/mol. The van der Waals surface area contributed by atoms with E-state index in [-0.39, 0.29) is 5.69 Å². The van der Waals surface area contributed by atoms with Gasteiger partial charge in [-0.2, -0.15) is 9.98 Å². The molecule has 27 heavy (non-hydrogen) atoms. The van der Waals surface area contributed by atoms with Gasteiger partial charge < -0.3 is 0 Å². The molecular formula is C22H15N3O2. The van der Waals surface area contributed by atoms with Gasteiger partial charge >= 0.3 is 0 Å². The maximum absolute atomic E-state index is 10.7. The zero-order chi connectivity index (χ0) is 19.1. The molecule has 0 aromatic heterocycles. The van der Waals surface area contributed by atoms with Crippen molar-refractivity contribution in [2.75, 3.05) is 0 Å². The third-order valence-corrected chi connectivity index (χ3v) is 3.68. The minimum Gasteiger partial charge on any atom is -0.258 e. The van der Waals surface area contributed by atoms with Gasteiger partial charge in [0.15, 0.2) is 0 Å². The van der Waals surface area contributed by atoms with Crippen LogP contribution in [0.15, 0.2) is 82.8 Å². The lowest BCUT2D eigenvalue weighted by molar-refractivity contribution is -0.384. The van der Waals surface area contributed by atoms with Gasteiger partial charge in [-0.25, -0.2) is 0 Å². The Kier molecular flexibility index (Phi) is 5.54. The molecule has 0 fully saturated rings. The Morgan fingerprint density at radius 3 is 2.33 bits per heavy atom. The Hall–Kier alpha value is -4.00. The third kappa shape index (κ3) is 4.99. The fourth-order valence-electron chi connectivity index (χ4n) is 2.29. The van der Waals surface area contributed by atoms with E-state index in [0.29, 0.717) is 11.3 Å². The molecule has 3 rings (SSSR count). The summed E-state index contributed by atoms with van der Waals surface area (Å²) in [5, 5.41) is 10.7. The molecule has 0 unspecified atom stereocenters. The average Bonchev–Trinajstić information content (AvgIpc) is 2.69. The maximum atomic E-state index is 10.7. The third-order valence-electron chi connectivity index (χ3n) is 3.68. The Morgan fingerprint density at radius 1 is 0.889 bits per heavy atom. The summed E-state index contributed by atoms with van der Waals surface area (Å²) >= 11 is 0. The van der Waals surface area contributed by atoms with Crippen LogP contribution in [-0.2, 0) is 0 Å². The lowest BCUT2D eigenvalue weighted by atomic mass is 10.1. The van der Waals surface area contributed by atoms with Gasteiger partial charge in [0, 0.05) is 17.7 Å². The highest BCUT2D eigenvalue weighted by Gasteiger charge is 2.03. The predicted molar refractivity (Wildman–Crippen MR) is 106 cm³/mol. The van der Waals surface area contributed by atoms with Crippen molar-refractivity contribution in [1.82, 2.24) is 0 Å². The van der Waals surface area contributed by atoms with E-state index in [9.17, 15) is 10.1 Å². The summed E-state index contributed by atoms with van der Waals surface area (Å²) in [4.78, 5) is 18.7. The highest BCUT2D eigenvalue weighted by Crippen LogP contribution is 2.20. The van der Waals surface area contributed by atoms with Crippen LogP contribution in [0.4, 0.5) is 17.1 Å². The summed E-state index contributed by atoms with van der Waals surface area (Å²) in [6, 6.07) is 24.0. The van der Waals surface area contributed by atoms with Crippen LogP contribution in [0.3, 0.4) is 0 Å². The number of rotatable bonds is 3. The molecule has 3 aromatic rings. The normalized spacial score (nSPS) is 9.52. The summed E-state index contributed by atoms with van der Waals surface area (Å²) < 4.78 is 0. The molecule has 5 nitrogen and oxygen atoms in total. The SMILES string of the molecule is Cc1ccc(N=C=Nc2ccccc2)c(C#Cc2ccc([N+](=O)[O-])cc2)c1. The van der Waals surface area contributed by atoms with Crippen LogP contribution in [0.25, 0.3) is 0 Å². The molecule has 0 spiro atoms. The van der Waals surface area contributed by atoms with Crippen molar-refractivity contribution in [3.63, 3.8) is 0 Å². The Balaban J connectivity index is 1.89. The first kappa shape index (κ1) is 17.8. The maximum Gasteiger partial charge on any atom is 0.269 e. The smallest absolute Gasteiger partial charge is 0.258 e. The van der Waals surface area contributed by atoms with Crippen molar-refractivity contribution in [3.05, 3.63) is 99.6 Å². The van der Waals surface area contributed by atoms with Gasteiger partial charge in [-0.15, -0.1) is 0 Å². The number of non-ortho nitro benzene ring substituents is 1. The molecule has 0 aliphatic rings. The molecule has 130 valence electrons. The predicted octanol–water partition coefficient (Wildman–Crippen LogP) is 5.44. The van der Waals surface area contributed by atoms with E-state index in [4.69, 9.17) is 0 Å². The van der Waals surface area contributed by atoms with Gasteiger partial charge in [-0.3, -0.25) is 10.1 Å². The zero-order valence-corrected chi connectivity index (χ0v) is 14.6. The molecule has 0 amide bonds. The van der Waals surface area contributed by atoms with Crippen LogP contribution < -0.4 is 0 Å². The van der Waals surface area contributed by atoms with E-state index < -0.39 is 4.92 Å². The van der Waals surface area contributed by atoms with E-state index >= 15 is 0 Å². The molecule has 0 aliphatic heterocycles. The Labute approximate surface area is 156 Å². The first-order valence-electron chi connectivity index (χ1n) is 8.20. The van der Waals surface area contributed by atoms with Crippen molar-refractivity contribution >= 4 is 23.1 Å². The zero-order valence-electron chi connectivity index (χ0n) is 14.6. The van der Waals surface area contributed by atoms with Crippen molar-refractivity contribution in [1.29, 1.82) is 0 Å².